The summed E-state index contributed by atoms with van der Waals surface area (Å²) in [5.41, 5.74) is 0. The van der Waals surface area contributed by atoms with E-state index in [1.165, 1.54) is 0 Å². The molecule has 1 aliphatic rings. The van der Waals surface area contributed by atoms with Crippen molar-refractivity contribution in [3.8, 4) is 11.5 Å². The van der Waals surface area contributed by atoms with Crippen LogP contribution in [0.3, 0.4) is 0 Å². The lowest BCUT2D eigenvalue weighted by Gasteiger charge is -2.24. The maximum absolute atomic E-state index is 10.1. The lowest BCUT2D eigenvalue weighted by molar-refractivity contribution is 0.101. The van der Waals surface area contributed by atoms with Gasteiger partial charge < -0.3 is 19.9 Å². The summed E-state index contributed by atoms with van der Waals surface area (Å²) in [6.07, 6.45) is 2.95. The third-order valence-electron chi connectivity index (χ3n) is 3.95. The van der Waals surface area contributed by atoms with Crippen LogP contribution < -0.4 is 14.8 Å². The molecule has 2 atom stereocenters. The Bertz CT molecular complexity index is 614. The highest BCUT2D eigenvalue weighted by Gasteiger charge is 2.20. The first-order chi connectivity index (χ1) is 11.2. The van der Waals surface area contributed by atoms with Gasteiger partial charge in [0.2, 0.25) is 0 Å². The van der Waals surface area contributed by atoms with Crippen LogP contribution in [0.25, 0.3) is 0 Å². The SMILES string of the molecule is COc1ccc(OC[C@@H](O)CN[C@@H]2CCc3ncnn3C2)cc1. The number of rotatable bonds is 7. The number of aromatic nitrogens is 3. The first-order valence-corrected chi connectivity index (χ1v) is 7.79. The molecule has 1 aromatic heterocycles. The third kappa shape index (κ3) is 4.20. The Morgan fingerprint density at radius 3 is 2.91 bits per heavy atom. The van der Waals surface area contributed by atoms with Gasteiger partial charge in [-0.05, 0) is 30.7 Å². The number of ether oxygens (including phenoxy) is 2. The molecule has 2 heterocycles. The molecule has 2 N–H and O–H groups in total. The smallest absolute Gasteiger partial charge is 0.138 e. The molecule has 23 heavy (non-hydrogen) atoms. The minimum absolute atomic E-state index is 0.251. The number of nitrogens with one attached hydrogen (secondary N) is 1. The number of aryl methyl sites for hydroxylation is 1. The Balaban J connectivity index is 1.39. The van der Waals surface area contributed by atoms with E-state index in [9.17, 15) is 5.11 Å². The van der Waals surface area contributed by atoms with E-state index >= 15 is 0 Å². The lowest BCUT2D eigenvalue weighted by Crippen LogP contribution is -2.42. The van der Waals surface area contributed by atoms with Gasteiger partial charge >= 0.3 is 0 Å². The summed E-state index contributed by atoms with van der Waals surface area (Å²) in [4.78, 5) is 4.21. The van der Waals surface area contributed by atoms with Crippen molar-refractivity contribution in [2.24, 2.45) is 0 Å². The monoisotopic (exact) mass is 318 g/mol. The first kappa shape index (κ1) is 15.8. The second-order valence-corrected chi connectivity index (χ2v) is 5.64. The summed E-state index contributed by atoms with van der Waals surface area (Å²) in [5.74, 6) is 2.53. The minimum atomic E-state index is -0.561. The normalized spacial score (nSPS) is 18.3. The fraction of sp³-hybridized carbons (Fsp3) is 0.500. The fourth-order valence-corrected chi connectivity index (χ4v) is 2.63. The highest BCUT2D eigenvalue weighted by Crippen LogP contribution is 2.17. The molecule has 1 aromatic carbocycles. The van der Waals surface area contributed by atoms with Gasteiger partial charge in [-0.15, -0.1) is 0 Å². The maximum atomic E-state index is 10.1. The van der Waals surface area contributed by atoms with E-state index in [0.717, 1.165) is 36.7 Å². The molecule has 0 saturated heterocycles. The molecule has 0 fully saturated rings. The molecule has 7 heteroatoms. The van der Waals surface area contributed by atoms with Gasteiger partial charge in [-0.25, -0.2) is 9.67 Å². The van der Waals surface area contributed by atoms with Crippen LogP contribution in [0.5, 0.6) is 11.5 Å². The van der Waals surface area contributed by atoms with Crippen LogP contribution in [0.2, 0.25) is 0 Å². The Kier molecular flexibility index (Phi) is 5.09. The fourth-order valence-electron chi connectivity index (χ4n) is 2.63. The van der Waals surface area contributed by atoms with Crippen LogP contribution >= 0.6 is 0 Å². The van der Waals surface area contributed by atoms with E-state index in [-0.39, 0.29) is 6.61 Å². The number of benzene rings is 1. The quantitative estimate of drug-likeness (QED) is 0.779. The van der Waals surface area contributed by atoms with Crippen LogP contribution in [0.4, 0.5) is 0 Å². The molecule has 7 nitrogen and oxygen atoms in total. The number of aliphatic hydroxyl groups is 1. The highest BCUT2D eigenvalue weighted by atomic mass is 16.5. The molecular formula is C16H22N4O3. The Morgan fingerprint density at radius 2 is 2.13 bits per heavy atom. The van der Waals surface area contributed by atoms with Crippen molar-refractivity contribution >= 4 is 0 Å². The van der Waals surface area contributed by atoms with Crippen molar-refractivity contribution in [1.82, 2.24) is 20.1 Å². The van der Waals surface area contributed by atoms with Gasteiger partial charge in [0, 0.05) is 19.0 Å². The van der Waals surface area contributed by atoms with E-state index < -0.39 is 6.10 Å². The molecule has 3 rings (SSSR count). The summed E-state index contributed by atoms with van der Waals surface area (Å²) >= 11 is 0. The third-order valence-corrected chi connectivity index (χ3v) is 3.95. The van der Waals surface area contributed by atoms with E-state index in [0.29, 0.717) is 12.6 Å². The molecular weight excluding hydrogens is 296 g/mol. The van der Waals surface area contributed by atoms with Crippen molar-refractivity contribution in [1.29, 1.82) is 0 Å². The molecule has 0 saturated carbocycles. The standard InChI is InChI=1S/C16H22N4O3/c1-22-14-3-5-15(6-4-14)23-10-13(21)8-17-12-2-7-16-18-11-19-20(16)9-12/h3-6,11-13,17,21H,2,7-10H2,1H3/t12-,13+/m1/s1. The van der Waals surface area contributed by atoms with Crippen molar-refractivity contribution in [2.75, 3.05) is 20.3 Å². The largest absolute Gasteiger partial charge is 0.497 e. The van der Waals surface area contributed by atoms with E-state index in [4.69, 9.17) is 9.47 Å². The summed E-state index contributed by atoms with van der Waals surface area (Å²) in [6, 6.07) is 7.62. The molecule has 0 aliphatic carbocycles. The maximum Gasteiger partial charge on any atom is 0.138 e. The van der Waals surface area contributed by atoms with Crippen molar-refractivity contribution in [3.05, 3.63) is 36.4 Å². The topological polar surface area (TPSA) is 81.4 Å². The molecule has 2 aromatic rings. The number of hydrogen-bond donors (Lipinski definition) is 2. The predicted octanol–water partition coefficient (Wildman–Crippen LogP) is 0.631. The van der Waals surface area contributed by atoms with Crippen molar-refractivity contribution in [2.45, 2.75) is 31.5 Å². The number of methoxy groups -OCH3 is 1. The molecule has 0 spiro atoms. The van der Waals surface area contributed by atoms with Gasteiger partial charge in [-0.3, -0.25) is 0 Å². The van der Waals surface area contributed by atoms with Gasteiger partial charge in [0.1, 0.15) is 36.4 Å². The number of fused-ring (bicyclic) bond motifs is 1. The number of nitrogens with zero attached hydrogens (tertiary/aromatic N) is 3. The van der Waals surface area contributed by atoms with Crippen LogP contribution in [0.1, 0.15) is 12.2 Å². The molecule has 124 valence electrons. The van der Waals surface area contributed by atoms with Crippen LogP contribution in [-0.2, 0) is 13.0 Å². The van der Waals surface area contributed by atoms with Gasteiger partial charge in [-0.2, -0.15) is 5.10 Å². The molecule has 0 unspecified atom stereocenters. The average Bonchev–Trinajstić information content (AvgIpc) is 3.06. The zero-order valence-electron chi connectivity index (χ0n) is 13.2. The predicted molar refractivity (Wildman–Crippen MR) is 84.6 cm³/mol. The Labute approximate surface area is 135 Å². The zero-order chi connectivity index (χ0) is 16.1. The second kappa shape index (κ2) is 7.43. The molecule has 1 aliphatic heterocycles. The van der Waals surface area contributed by atoms with Gasteiger partial charge in [-0.1, -0.05) is 0 Å². The number of hydrogen-bond acceptors (Lipinski definition) is 6. The van der Waals surface area contributed by atoms with Crippen molar-refractivity contribution in [3.63, 3.8) is 0 Å². The molecule has 0 radical (unpaired) electrons. The first-order valence-electron chi connectivity index (χ1n) is 7.79. The average molecular weight is 318 g/mol. The summed E-state index contributed by atoms with van der Waals surface area (Å²) in [6.45, 7) is 1.53. The Morgan fingerprint density at radius 1 is 1.35 bits per heavy atom. The van der Waals surface area contributed by atoms with Gasteiger partial charge in [0.15, 0.2) is 0 Å². The lowest BCUT2D eigenvalue weighted by atomic mass is 10.1. The van der Waals surface area contributed by atoms with Crippen LogP contribution in [0, 0.1) is 0 Å². The summed E-state index contributed by atoms with van der Waals surface area (Å²) in [7, 11) is 1.62. The van der Waals surface area contributed by atoms with Crippen LogP contribution in [0.15, 0.2) is 30.6 Å². The minimum Gasteiger partial charge on any atom is -0.497 e. The van der Waals surface area contributed by atoms with E-state index in [1.54, 1.807) is 13.4 Å². The summed E-state index contributed by atoms with van der Waals surface area (Å²) in [5, 5.41) is 17.6. The summed E-state index contributed by atoms with van der Waals surface area (Å²) < 4.78 is 12.6. The highest BCUT2D eigenvalue weighted by molar-refractivity contribution is 5.31. The molecule has 0 amide bonds. The van der Waals surface area contributed by atoms with Gasteiger partial charge in [0.05, 0.1) is 13.7 Å². The van der Waals surface area contributed by atoms with Gasteiger partial charge in [0.25, 0.3) is 0 Å². The van der Waals surface area contributed by atoms with Crippen LogP contribution in [-0.4, -0.2) is 52.3 Å². The molecule has 0 bridgehead atoms. The Hall–Kier alpha value is -2.12. The zero-order valence-corrected chi connectivity index (χ0v) is 13.2. The van der Waals surface area contributed by atoms with E-state index in [2.05, 4.69) is 15.4 Å². The second-order valence-electron chi connectivity index (χ2n) is 5.64. The van der Waals surface area contributed by atoms with E-state index in [1.807, 2.05) is 28.9 Å². The number of aliphatic hydroxyl groups excluding tert-OH is 1. The van der Waals surface area contributed by atoms with Crippen molar-refractivity contribution < 1.29 is 14.6 Å².